The molecule has 5 heteroatoms. The number of rotatable bonds is 7. The van der Waals surface area contributed by atoms with Gasteiger partial charge in [0.05, 0.1) is 33.2 Å². The summed E-state index contributed by atoms with van der Waals surface area (Å²) < 4.78 is 112. The summed E-state index contributed by atoms with van der Waals surface area (Å²) in [6.45, 7) is 0. The normalized spacial score (nSPS) is 14.3. The van der Waals surface area contributed by atoms with Gasteiger partial charge in [-0.15, -0.1) is 11.3 Å². The molecular formula is C57H36N4S. The molecule has 0 N–H and O–H groups in total. The third-order valence-corrected chi connectivity index (χ3v) is 12.2. The number of thiophene rings is 1. The average Bonchev–Trinajstić information content (AvgIpc) is 4.02. The first-order valence-electron chi connectivity index (χ1n) is 25.9. The molecule has 0 amide bonds. The van der Waals surface area contributed by atoms with E-state index < -0.39 is 83.6 Å². The Morgan fingerprint density at radius 1 is 0.387 bits per heavy atom. The van der Waals surface area contributed by atoms with Crippen LogP contribution in [0.4, 0.5) is 0 Å². The van der Waals surface area contributed by atoms with E-state index in [0.717, 1.165) is 42.4 Å². The zero-order valence-corrected chi connectivity index (χ0v) is 33.4. The molecule has 0 atom stereocenters. The summed E-state index contributed by atoms with van der Waals surface area (Å²) in [5.41, 5.74) is 4.39. The molecule has 62 heavy (non-hydrogen) atoms. The highest BCUT2D eigenvalue weighted by atomic mass is 32.1. The molecule has 0 unspecified atom stereocenters. The minimum Gasteiger partial charge on any atom is -0.309 e. The van der Waals surface area contributed by atoms with Gasteiger partial charge in [0.25, 0.3) is 0 Å². The van der Waals surface area contributed by atoms with Gasteiger partial charge in [-0.3, -0.25) is 0 Å². The van der Waals surface area contributed by atoms with Gasteiger partial charge < -0.3 is 4.57 Å². The highest BCUT2D eigenvalue weighted by Crippen LogP contribution is 2.43. The minimum atomic E-state index is -0.703. The Balaban J connectivity index is 1.21. The molecule has 0 aliphatic heterocycles. The van der Waals surface area contributed by atoms with Gasteiger partial charge in [0.15, 0.2) is 17.5 Å². The largest absolute Gasteiger partial charge is 0.309 e. The Bertz CT molecular complexity index is 4300. The van der Waals surface area contributed by atoms with Crippen molar-refractivity contribution in [3.63, 3.8) is 0 Å². The molecule has 0 spiro atoms. The standard InChI is InChI=1S/C57H36N4S/c1-4-15-37(16-5-1)39-27-29-41(30-28-39)56-58-55(40-19-8-3-9-20-40)59-57(60-56)49-36-43(44-23-14-24-47-46-22-11-13-26-53(46)62-54(44)47)32-34-52(49)61-50-25-12-10-21-45(50)48-35-42(31-33-51(48)61)38-17-6-2-7-18-38/h1-36H/i2D,6D,7D,10D,12D,17D,18D,21D,25D,31D,33D,35D. The zero-order chi connectivity index (χ0) is 51.4. The van der Waals surface area contributed by atoms with Crippen LogP contribution >= 0.6 is 11.3 Å². The van der Waals surface area contributed by atoms with Gasteiger partial charge in [-0.25, -0.2) is 15.0 Å². The minimum absolute atomic E-state index is 0.125. The number of nitrogens with zero attached hydrogens (tertiary/aromatic N) is 4. The highest BCUT2D eigenvalue weighted by Gasteiger charge is 2.22. The van der Waals surface area contributed by atoms with E-state index >= 15 is 0 Å². The maximum absolute atomic E-state index is 9.82. The molecule has 0 aliphatic carbocycles. The van der Waals surface area contributed by atoms with Crippen molar-refractivity contribution in [2.45, 2.75) is 0 Å². The van der Waals surface area contributed by atoms with E-state index in [-0.39, 0.29) is 33.3 Å². The van der Waals surface area contributed by atoms with Crippen LogP contribution in [0, 0.1) is 0 Å². The number of hydrogen-bond acceptors (Lipinski definition) is 4. The Morgan fingerprint density at radius 2 is 1.00 bits per heavy atom. The summed E-state index contributed by atoms with van der Waals surface area (Å²) in [6, 6.07) is 39.5. The van der Waals surface area contributed by atoms with Crippen LogP contribution in [0.5, 0.6) is 0 Å². The van der Waals surface area contributed by atoms with E-state index in [2.05, 4.69) is 18.2 Å². The van der Waals surface area contributed by atoms with Crippen molar-refractivity contribution < 1.29 is 16.4 Å². The smallest absolute Gasteiger partial charge is 0.166 e. The Hall–Kier alpha value is -7.99. The van der Waals surface area contributed by atoms with Gasteiger partial charge in [0, 0.05) is 47.6 Å². The molecule has 3 heterocycles. The lowest BCUT2D eigenvalue weighted by Gasteiger charge is -2.17. The highest BCUT2D eigenvalue weighted by molar-refractivity contribution is 7.26. The van der Waals surface area contributed by atoms with E-state index in [1.807, 2.05) is 121 Å². The quantitative estimate of drug-likeness (QED) is 0.161. The van der Waals surface area contributed by atoms with Crippen molar-refractivity contribution in [3.05, 3.63) is 218 Å². The molecule has 12 rings (SSSR count). The monoisotopic (exact) mass is 820 g/mol. The van der Waals surface area contributed by atoms with Crippen molar-refractivity contribution in [1.29, 1.82) is 0 Å². The Morgan fingerprint density at radius 3 is 1.81 bits per heavy atom. The van der Waals surface area contributed by atoms with E-state index in [0.29, 0.717) is 28.3 Å². The predicted octanol–water partition coefficient (Wildman–Crippen LogP) is 15.3. The third kappa shape index (κ3) is 6.18. The van der Waals surface area contributed by atoms with E-state index in [1.165, 1.54) is 4.57 Å². The van der Waals surface area contributed by atoms with Crippen LogP contribution in [0.2, 0.25) is 0 Å². The molecule has 0 bridgehead atoms. The van der Waals surface area contributed by atoms with Gasteiger partial charge in [-0.1, -0.05) is 182 Å². The molecule has 3 aromatic heterocycles. The van der Waals surface area contributed by atoms with Crippen LogP contribution in [-0.2, 0) is 0 Å². The van der Waals surface area contributed by atoms with E-state index in [1.54, 1.807) is 17.4 Å². The van der Waals surface area contributed by atoms with Gasteiger partial charge in [0.2, 0.25) is 0 Å². The SMILES string of the molecule is [2H]c1c([2H])c([2H])c(-c2c([2H])c([2H])c3c(c2[2H])c2c([2H])c([2H])c([2H])c([2H])c2n3-c2ccc(-c3cccc4c3sc3ccccc34)cc2-c2nc(-c3ccccc3)nc(-c3ccc(-c4ccccc4)cc3)n2)c([2H])c1[2H]. The molecule has 0 saturated heterocycles. The summed E-state index contributed by atoms with van der Waals surface area (Å²) in [4.78, 5) is 15.4. The fourth-order valence-electron chi connectivity index (χ4n) is 8.09. The second-order valence-electron chi connectivity index (χ2n) is 14.7. The number of benzene rings is 9. The van der Waals surface area contributed by atoms with Crippen LogP contribution in [0.25, 0.3) is 115 Å². The summed E-state index contributed by atoms with van der Waals surface area (Å²) >= 11 is 1.65. The van der Waals surface area contributed by atoms with Crippen molar-refractivity contribution >= 4 is 53.3 Å². The molecule has 0 saturated carbocycles. The zero-order valence-electron chi connectivity index (χ0n) is 44.6. The van der Waals surface area contributed by atoms with Gasteiger partial charge in [-0.2, -0.15) is 0 Å². The third-order valence-electron chi connectivity index (χ3n) is 11.0. The topological polar surface area (TPSA) is 43.6 Å². The van der Waals surface area contributed by atoms with Gasteiger partial charge in [-0.05, 0) is 69.7 Å². The number of para-hydroxylation sites is 1. The lowest BCUT2D eigenvalue weighted by molar-refractivity contribution is 1.06. The second kappa shape index (κ2) is 14.9. The lowest BCUT2D eigenvalue weighted by atomic mass is 9.99. The number of hydrogen-bond donors (Lipinski definition) is 0. The number of fused-ring (bicyclic) bond motifs is 6. The maximum Gasteiger partial charge on any atom is 0.166 e. The first-order valence-corrected chi connectivity index (χ1v) is 20.7. The molecule has 0 fully saturated rings. The summed E-state index contributed by atoms with van der Waals surface area (Å²) in [5, 5.41) is 1.81. The Kier molecular flexibility index (Phi) is 6.16. The first kappa shape index (κ1) is 25.6. The van der Waals surface area contributed by atoms with Crippen LogP contribution in [0.3, 0.4) is 0 Å². The predicted molar refractivity (Wildman–Crippen MR) is 260 cm³/mol. The first-order chi connectivity index (χ1) is 35.7. The fraction of sp³-hybridized carbons (Fsp3) is 0. The molecule has 12 aromatic rings. The molecule has 9 aromatic carbocycles. The molecule has 290 valence electrons. The van der Waals surface area contributed by atoms with Crippen LogP contribution in [0.1, 0.15) is 16.4 Å². The molecular weight excluding hydrogens is 773 g/mol. The van der Waals surface area contributed by atoms with Crippen molar-refractivity contribution in [2.75, 3.05) is 0 Å². The van der Waals surface area contributed by atoms with E-state index in [4.69, 9.17) is 24.5 Å². The fourth-order valence-corrected chi connectivity index (χ4v) is 9.33. The average molecular weight is 821 g/mol. The van der Waals surface area contributed by atoms with Crippen LogP contribution in [0.15, 0.2) is 218 Å². The van der Waals surface area contributed by atoms with Gasteiger partial charge >= 0.3 is 0 Å². The molecule has 0 aliphatic rings. The van der Waals surface area contributed by atoms with Crippen molar-refractivity contribution in [2.24, 2.45) is 0 Å². The summed E-state index contributed by atoms with van der Waals surface area (Å²) in [5.74, 6) is 0.819. The summed E-state index contributed by atoms with van der Waals surface area (Å²) in [7, 11) is 0. The van der Waals surface area contributed by atoms with Crippen LogP contribution in [-0.4, -0.2) is 19.5 Å². The lowest BCUT2D eigenvalue weighted by Crippen LogP contribution is -2.04. The van der Waals surface area contributed by atoms with Crippen molar-refractivity contribution in [1.82, 2.24) is 19.5 Å². The molecule has 4 nitrogen and oxygen atoms in total. The van der Waals surface area contributed by atoms with E-state index in [9.17, 15) is 6.85 Å². The number of aromatic nitrogens is 4. The summed E-state index contributed by atoms with van der Waals surface area (Å²) in [6.07, 6.45) is 0. The maximum atomic E-state index is 9.82. The second-order valence-corrected chi connectivity index (χ2v) is 15.7. The Labute approximate surface area is 379 Å². The van der Waals surface area contributed by atoms with Gasteiger partial charge in [0.1, 0.15) is 0 Å². The van der Waals surface area contributed by atoms with Crippen LogP contribution < -0.4 is 0 Å². The van der Waals surface area contributed by atoms with Crippen molar-refractivity contribution in [3.8, 4) is 73.2 Å². The molecule has 0 radical (unpaired) electrons.